The number of rotatable bonds is 5. The molecule has 0 atom stereocenters. The number of aromatic hydroxyl groups is 1. The van der Waals surface area contributed by atoms with E-state index in [1.165, 1.54) is 6.07 Å². The highest BCUT2D eigenvalue weighted by molar-refractivity contribution is 5.91. The molecule has 3 aromatic rings. The van der Waals surface area contributed by atoms with Gasteiger partial charge in [-0.3, -0.25) is 4.79 Å². The lowest BCUT2D eigenvalue weighted by Crippen LogP contribution is -2.05. The van der Waals surface area contributed by atoms with Gasteiger partial charge in [0.2, 0.25) is 0 Å². The Bertz CT molecular complexity index is 901. The van der Waals surface area contributed by atoms with Crippen molar-refractivity contribution >= 4 is 12.3 Å². The molecule has 0 bridgehead atoms. The first kappa shape index (κ1) is 16.5. The summed E-state index contributed by atoms with van der Waals surface area (Å²) in [7, 11) is 0. The fraction of sp³-hybridized carbons (Fsp3) is 0.0476. The van der Waals surface area contributed by atoms with E-state index in [9.17, 15) is 14.7 Å². The summed E-state index contributed by atoms with van der Waals surface area (Å²) in [5.74, 6) is -0.489. The summed E-state index contributed by atoms with van der Waals surface area (Å²) in [6.07, 6.45) is 0.594. The summed E-state index contributed by atoms with van der Waals surface area (Å²) in [5.41, 5.74) is 3.04. The van der Waals surface area contributed by atoms with Crippen molar-refractivity contribution in [2.45, 2.75) is 6.61 Å². The monoisotopic (exact) mass is 332 g/mol. The van der Waals surface area contributed by atoms with Gasteiger partial charge in [0.15, 0.2) is 6.29 Å². The zero-order valence-electron chi connectivity index (χ0n) is 13.4. The predicted octanol–water partition coefficient (Wildman–Crippen LogP) is 4.23. The number of carbonyl (C=O) groups excluding carboxylic acids is 2. The van der Waals surface area contributed by atoms with Crippen LogP contribution in [0.4, 0.5) is 0 Å². The van der Waals surface area contributed by atoms with Gasteiger partial charge in [-0.1, -0.05) is 48.5 Å². The Labute approximate surface area is 145 Å². The van der Waals surface area contributed by atoms with Gasteiger partial charge in [-0.25, -0.2) is 4.79 Å². The smallest absolute Gasteiger partial charge is 0.338 e. The molecule has 3 aromatic carbocycles. The topological polar surface area (TPSA) is 63.6 Å². The molecule has 0 saturated heterocycles. The zero-order chi connectivity index (χ0) is 17.6. The van der Waals surface area contributed by atoms with Gasteiger partial charge in [-0.15, -0.1) is 0 Å². The molecule has 0 amide bonds. The molecule has 4 nitrogen and oxygen atoms in total. The van der Waals surface area contributed by atoms with E-state index in [-0.39, 0.29) is 17.9 Å². The van der Waals surface area contributed by atoms with Gasteiger partial charge in [0.1, 0.15) is 12.4 Å². The number of ether oxygens (including phenoxy) is 1. The molecule has 4 heteroatoms. The number of esters is 1. The lowest BCUT2D eigenvalue weighted by molar-refractivity contribution is 0.0472. The van der Waals surface area contributed by atoms with E-state index < -0.39 is 5.97 Å². The Morgan fingerprint density at radius 2 is 1.68 bits per heavy atom. The molecular weight excluding hydrogens is 316 g/mol. The largest absolute Gasteiger partial charge is 0.507 e. The molecule has 0 aliphatic rings. The van der Waals surface area contributed by atoms with E-state index in [4.69, 9.17) is 4.74 Å². The van der Waals surface area contributed by atoms with Gasteiger partial charge in [-0.2, -0.15) is 0 Å². The molecule has 0 spiro atoms. The van der Waals surface area contributed by atoms with Gasteiger partial charge < -0.3 is 9.84 Å². The summed E-state index contributed by atoms with van der Waals surface area (Å²) in [6, 6.07) is 21.1. The van der Waals surface area contributed by atoms with Crippen LogP contribution in [0.25, 0.3) is 11.1 Å². The third-order valence-corrected chi connectivity index (χ3v) is 3.80. The maximum atomic E-state index is 12.3. The maximum absolute atomic E-state index is 12.3. The molecule has 124 valence electrons. The molecule has 25 heavy (non-hydrogen) atoms. The van der Waals surface area contributed by atoms with Gasteiger partial charge in [0.05, 0.1) is 11.1 Å². The third kappa shape index (κ3) is 3.93. The zero-order valence-corrected chi connectivity index (χ0v) is 13.4. The van der Waals surface area contributed by atoms with Crippen molar-refractivity contribution in [1.29, 1.82) is 0 Å². The number of hydrogen-bond donors (Lipinski definition) is 1. The number of carbonyl (C=O) groups is 2. The summed E-state index contributed by atoms with van der Waals surface area (Å²) in [5, 5.41) is 9.60. The minimum atomic E-state index is -0.417. The molecule has 3 rings (SSSR count). The van der Waals surface area contributed by atoms with Crippen molar-refractivity contribution in [3.8, 4) is 16.9 Å². The van der Waals surface area contributed by atoms with Crippen LogP contribution in [-0.2, 0) is 11.3 Å². The van der Waals surface area contributed by atoms with Crippen LogP contribution in [0.15, 0.2) is 72.8 Å². The van der Waals surface area contributed by atoms with E-state index in [1.807, 2.05) is 36.4 Å². The highest BCUT2D eigenvalue weighted by Gasteiger charge is 2.10. The van der Waals surface area contributed by atoms with Crippen molar-refractivity contribution in [1.82, 2.24) is 0 Å². The van der Waals surface area contributed by atoms with Gasteiger partial charge in [0, 0.05) is 0 Å². The van der Waals surface area contributed by atoms with Crippen LogP contribution in [0.1, 0.15) is 26.3 Å². The van der Waals surface area contributed by atoms with Crippen LogP contribution in [0, 0.1) is 0 Å². The van der Waals surface area contributed by atoms with E-state index in [0.29, 0.717) is 11.8 Å². The lowest BCUT2D eigenvalue weighted by atomic mass is 10.0. The molecule has 0 aliphatic carbocycles. The molecule has 0 radical (unpaired) electrons. The highest BCUT2D eigenvalue weighted by Crippen LogP contribution is 2.26. The quantitative estimate of drug-likeness (QED) is 0.561. The van der Waals surface area contributed by atoms with Crippen LogP contribution in [0.3, 0.4) is 0 Å². The Balaban J connectivity index is 1.79. The molecule has 0 heterocycles. The van der Waals surface area contributed by atoms with Crippen molar-refractivity contribution in [2.24, 2.45) is 0 Å². The van der Waals surface area contributed by atoms with Crippen molar-refractivity contribution < 1.29 is 19.4 Å². The molecule has 0 aromatic heterocycles. The minimum Gasteiger partial charge on any atom is -0.507 e. The minimum absolute atomic E-state index is 0.0721. The maximum Gasteiger partial charge on any atom is 0.338 e. The molecule has 0 saturated carbocycles. The average Bonchev–Trinajstić information content (AvgIpc) is 2.67. The van der Waals surface area contributed by atoms with Gasteiger partial charge in [-0.05, 0) is 41.0 Å². The molecule has 0 unspecified atom stereocenters. The highest BCUT2D eigenvalue weighted by atomic mass is 16.5. The second-order valence-electron chi connectivity index (χ2n) is 5.53. The number of phenols is 1. The Morgan fingerprint density at radius 1 is 0.920 bits per heavy atom. The summed E-state index contributed by atoms with van der Waals surface area (Å²) >= 11 is 0. The summed E-state index contributed by atoms with van der Waals surface area (Å²) in [4.78, 5) is 23.2. The second kappa shape index (κ2) is 7.45. The lowest BCUT2D eigenvalue weighted by Gasteiger charge is -2.08. The van der Waals surface area contributed by atoms with Crippen LogP contribution in [0.5, 0.6) is 5.75 Å². The number of benzene rings is 3. The molecular formula is C21H16O4. The summed E-state index contributed by atoms with van der Waals surface area (Å²) in [6.45, 7) is 0.207. The fourth-order valence-corrected chi connectivity index (χ4v) is 2.46. The Morgan fingerprint density at radius 3 is 2.44 bits per heavy atom. The van der Waals surface area contributed by atoms with Crippen molar-refractivity contribution in [3.05, 3.63) is 89.5 Å². The van der Waals surface area contributed by atoms with E-state index in [2.05, 4.69) is 0 Å². The molecule has 0 fully saturated rings. The van der Waals surface area contributed by atoms with Gasteiger partial charge in [0.25, 0.3) is 0 Å². The fourth-order valence-electron chi connectivity index (χ4n) is 2.46. The number of aldehydes is 1. The molecule has 1 N–H and O–H groups in total. The first-order valence-corrected chi connectivity index (χ1v) is 7.77. The van der Waals surface area contributed by atoms with E-state index in [1.54, 1.807) is 30.3 Å². The number of phenolic OH excluding ortho intramolecular Hbond substituents is 1. The first-order valence-electron chi connectivity index (χ1n) is 7.77. The molecule has 0 aliphatic heterocycles. The van der Waals surface area contributed by atoms with Crippen LogP contribution in [0.2, 0.25) is 0 Å². The SMILES string of the molecule is O=Cc1cc(-c2cccc(C(=O)OCc3ccccc3)c2)ccc1O. The average molecular weight is 332 g/mol. The van der Waals surface area contributed by atoms with Crippen molar-refractivity contribution in [3.63, 3.8) is 0 Å². The Kier molecular flexibility index (Phi) is 4.90. The predicted molar refractivity (Wildman–Crippen MR) is 94.5 cm³/mol. The van der Waals surface area contributed by atoms with Gasteiger partial charge >= 0.3 is 5.97 Å². The number of hydrogen-bond acceptors (Lipinski definition) is 4. The third-order valence-electron chi connectivity index (χ3n) is 3.80. The summed E-state index contributed by atoms with van der Waals surface area (Å²) < 4.78 is 5.33. The first-order chi connectivity index (χ1) is 12.2. The van der Waals surface area contributed by atoms with Crippen LogP contribution < -0.4 is 0 Å². The van der Waals surface area contributed by atoms with E-state index >= 15 is 0 Å². The standard InChI is InChI=1S/C21H16O4/c22-13-19-12-17(9-10-20(19)23)16-7-4-8-18(11-16)21(24)25-14-15-5-2-1-3-6-15/h1-13,23H,14H2. The normalized spacial score (nSPS) is 10.2. The van der Waals surface area contributed by atoms with Crippen LogP contribution >= 0.6 is 0 Å². The van der Waals surface area contributed by atoms with Crippen molar-refractivity contribution in [2.75, 3.05) is 0 Å². The van der Waals surface area contributed by atoms with E-state index in [0.717, 1.165) is 16.7 Å². The van der Waals surface area contributed by atoms with Crippen LogP contribution in [-0.4, -0.2) is 17.4 Å². The Hall–Kier alpha value is -3.40. The second-order valence-corrected chi connectivity index (χ2v) is 5.53.